The van der Waals surface area contributed by atoms with Gasteiger partial charge in [0.1, 0.15) is 5.75 Å². The van der Waals surface area contributed by atoms with Crippen molar-refractivity contribution in [1.82, 2.24) is 4.98 Å². The molecule has 4 aromatic rings. The van der Waals surface area contributed by atoms with Gasteiger partial charge in [0, 0.05) is 10.9 Å². The number of rotatable bonds is 3. The lowest BCUT2D eigenvalue weighted by molar-refractivity contribution is 0.0736. The summed E-state index contributed by atoms with van der Waals surface area (Å²) in [5, 5.41) is 0.800. The fourth-order valence-corrected chi connectivity index (χ4v) is 3.26. The van der Waals surface area contributed by atoms with Gasteiger partial charge in [-0.3, -0.25) is 0 Å². The Hall–Kier alpha value is -3.46. The second kappa shape index (κ2) is 7.28. The molecule has 3 aromatic carbocycles. The van der Waals surface area contributed by atoms with E-state index in [-0.39, 0.29) is 5.97 Å². The van der Waals surface area contributed by atoms with E-state index in [1.54, 1.807) is 0 Å². The van der Waals surface area contributed by atoms with Gasteiger partial charge in [0.25, 0.3) is 0 Å². The van der Waals surface area contributed by atoms with Crippen molar-refractivity contribution in [3.8, 4) is 17.0 Å². The van der Waals surface area contributed by atoms with Crippen molar-refractivity contribution in [3.05, 3.63) is 95.1 Å². The van der Waals surface area contributed by atoms with Gasteiger partial charge in [-0.05, 0) is 55.7 Å². The van der Waals surface area contributed by atoms with Crippen LogP contribution in [0.3, 0.4) is 0 Å². The van der Waals surface area contributed by atoms with Crippen LogP contribution in [0.25, 0.3) is 22.2 Å². The first-order valence-corrected chi connectivity index (χ1v) is 9.28. The number of para-hydroxylation sites is 1. The average molecular weight is 367 g/mol. The zero-order valence-electron chi connectivity index (χ0n) is 16.2. The first-order chi connectivity index (χ1) is 13.5. The van der Waals surface area contributed by atoms with Crippen LogP contribution in [0, 0.1) is 20.8 Å². The highest BCUT2D eigenvalue weighted by molar-refractivity contribution is 6.06. The zero-order valence-corrected chi connectivity index (χ0v) is 16.2. The summed E-state index contributed by atoms with van der Waals surface area (Å²) < 4.78 is 5.71. The summed E-state index contributed by atoms with van der Waals surface area (Å²) in [5.74, 6) is 0.172. The molecule has 0 saturated heterocycles. The van der Waals surface area contributed by atoms with E-state index in [2.05, 4.69) is 0 Å². The minimum absolute atomic E-state index is 0.376. The molecular formula is C25H21NO2. The number of hydrogen-bond acceptors (Lipinski definition) is 3. The normalized spacial score (nSPS) is 10.8. The highest BCUT2D eigenvalue weighted by Gasteiger charge is 2.17. The number of carbonyl (C=O) groups excluding carboxylic acids is 1. The monoisotopic (exact) mass is 367 g/mol. The molecule has 1 aromatic heterocycles. The van der Waals surface area contributed by atoms with Crippen molar-refractivity contribution in [2.24, 2.45) is 0 Å². The van der Waals surface area contributed by atoms with E-state index in [4.69, 9.17) is 9.72 Å². The highest BCUT2D eigenvalue weighted by Crippen LogP contribution is 2.28. The molecular weight excluding hydrogens is 346 g/mol. The van der Waals surface area contributed by atoms with Gasteiger partial charge >= 0.3 is 5.97 Å². The smallest absolute Gasteiger partial charge is 0.344 e. The Balaban J connectivity index is 1.83. The van der Waals surface area contributed by atoms with E-state index in [0.717, 1.165) is 38.9 Å². The second-order valence-corrected chi connectivity index (χ2v) is 7.03. The zero-order chi connectivity index (χ0) is 19.7. The van der Waals surface area contributed by atoms with E-state index in [1.807, 2.05) is 93.6 Å². The molecule has 0 radical (unpaired) electrons. The van der Waals surface area contributed by atoms with Crippen LogP contribution in [0.5, 0.6) is 5.75 Å². The van der Waals surface area contributed by atoms with E-state index >= 15 is 0 Å². The van der Waals surface area contributed by atoms with Crippen molar-refractivity contribution in [1.29, 1.82) is 0 Å². The van der Waals surface area contributed by atoms with Crippen LogP contribution in [-0.2, 0) is 0 Å². The van der Waals surface area contributed by atoms with Crippen molar-refractivity contribution in [2.45, 2.75) is 20.8 Å². The lowest BCUT2D eigenvalue weighted by atomic mass is 10.0. The van der Waals surface area contributed by atoms with Gasteiger partial charge in [0.2, 0.25) is 0 Å². The fraction of sp³-hybridized carbons (Fsp3) is 0.120. The third kappa shape index (κ3) is 3.39. The summed E-state index contributed by atoms with van der Waals surface area (Å²) in [7, 11) is 0. The molecule has 138 valence electrons. The van der Waals surface area contributed by atoms with Crippen molar-refractivity contribution >= 4 is 16.9 Å². The van der Waals surface area contributed by atoms with Gasteiger partial charge < -0.3 is 4.74 Å². The molecule has 0 aliphatic heterocycles. The van der Waals surface area contributed by atoms with Crippen molar-refractivity contribution in [3.63, 3.8) is 0 Å². The van der Waals surface area contributed by atoms with Gasteiger partial charge in [-0.15, -0.1) is 0 Å². The number of hydrogen-bond donors (Lipinski definition) is 0. The van der Waals surface area contributed by atoms with Crippen LogP contribution >= 0.6 is 0 Å². The summed E-state index contributed by atoms with van der Waals surface area (Å²) in [6.45, 7) is 6.04. The largest absolute Gasteiger partial charge is 0.423 e. The summed E-state index contributed by atoms with van der Waals surface area (Å²) in [6.07, 6.45) is 0. The lowest BCUT2D eigenvalue weighted by Gasteiger charge is -2.12. The first kappa shape index (κ1) is 17.9. The molecule has 0 atom stereocenters. The Bertz CT molecular complexity index is 1180. The lowest BCUT2D eigenvalue weighted by Crippen LogP contribution is -2.10. The number of fused-ring (bicyclic) bond motifs is 1. The molecule has 0 fully saturated rings. The Morgan fingerprint density at radius 1 is 0.786 bits per heavy atom. The third-order valence-corrected chi connectivity index (χ3v) is 5.02. The SMILES string of the molecule is Cc1ccc(OC(=O)c2cc(-c3ccccc3)nc3c(C)cccc23)cc1C. The first-order valence-electron chi connectivity index (χ1n) is 9.28. The number of aryl methyl sites for hydroxylation is 3. The predicted molar refractivity (Wildman–Crippen MR) is 113 cm³/mol. The molecule has 3 nitrogen and oxygen atoms in total. The molecule has 0 spiro atoms. The van der Waals surface area contributed by atoms with Crippen LogP contribution < -0.4 is 4.74 Å². The number of pyridine rings is 1. The van der Waals surface area contributed by atoms with Gasteiger partial charge in [0.05, 0.1) is 16.8 Å². The Labute approximate surface area is 164 Å². The molecule has 4 rings (SSSR count). The standard InChI is InChI=1S/C25H21NO2/c1-16-12-13-20(14-18(16)3)28-25(27)22-15-23(19-9-5-4-6-10-19)26-24-17(2)8-7-11-21(22)24/h4-15H,1-3H3. The number of aromatic nitrogens is 1. The number of ether oxygens (including phenoxy) is 1. The Morgan fingerprint density at radius 3 is 2.32 bits per heavy atom. The van der Waals surface area contributed by atoms with Crippen LogP contribution in [0.2, 0.25) is 0 Å². The second-order valence-electron chi connectivity index (χ2n) is 7.03. The van der Waals surface area contributed by atoms with E-state index in [9.17, 15) is 4.79 Å². The molecule has 0 saturated carbocycles. The minimum atomic E-state index is -0.376. The van der Waals surface area contributed by atoms with Gasteiger partial charge in [0.15, 0.2) is 0 Å². The third-order valence-electron chi connectivity index (χ3n) is 5.02. The van der Waals surface area contributed by atoms with Crippen molar-refractivity contribution < 1.29 is 9.53 Å². The van der Waals surface area contributed by atoms with Crippen LogP contribution in [-0.4, -0.2) is 11.0 Å². The van der Waals surface area contributed by atoms with Gasteiger partial charge in [-0.25, -0.2) is 9.78 Å². The Kier molecular flexibility index (Phi) is 4.66. The van der Waals surface area contributed by atoms with Crippen LogP contribution in [0.4, 0.5) is 0 Å². The van der Waals surface area contributed by atoms with Gasteiger partial charge in [-0.1, -0.05) is 54.6 Å². The number of benzene rings is 3. The molecule has 28 heavy (non-hydrogen) atoms. The topological polar surface area (TPSA) is 39.2 Å². The maximum absolute atomic E-state index is 13.1. The summed E-state index contributed by atoms with van der Waals surface area (Å²) >= 11 is 0. The van der Waals surface area contributed by atoms with Crippen molar-refractivity contribution in [2.75, 3.05) is 0 Å². The summed E-state index contributed by atoms with van der Waals surface area (Å²) in [5.41, 5.74) is 6.33. The molecule has 0 amide bonds. The molecule has 0 unspecified atom stereocenters. The molecule has 1 heterocycles. The quantitative estimate of drug-likeness (QED) is 0.327. The number of nitrogens with zero attached hydrogens (tertiary/aromatic N) is 1. The highest BCUT2D eigenvalue weighted by atomic mass is 16.5. The summed E-state index contributed by atoms with van der Waals surface area (Å²) in [6, 6.07) is 23.2. The number of esters is 1. The maximum atomic E-state index is 13.1. The predicted octanol–water partition coefficient (Wildman–Crippen LogP) is 6.05. The Morgan fingerprint density at radius 2 is 1.57 bits per heavy atom. The fourth-order valence-electron chi connectivity index (χ4n) is 3.26. The molecule has 0 aliphatic carbocycles. The van der Waals surface area contributed by atoms with E-state index in [0.29, 0.717) is 11.3 Å². The van der Waals surface area contributed by atoms with Gasteiger partial charge in [-0.2, -0.15) is 0 Å². The maximum Gasteiger partial charge on any atom is 0.344 e. The van der Waals surface area contributed by atoms with E-state index < -0.39 is 0 Å². The average Bonchev–Trinajstić information content (AvgIpc) is 2.71. The summed E-state index contributed by atoms with van der Waals surface area (Å²) in [4.78, 5) is 17.9. The molecule has 0 N–H and O–H groups in total. The van der Waals surface area contributed by atoms with Crippen LogP contribution in [0.15, 0.2) is 72.8 Å². The van der Waals surface area contributed by atoms with Crippen LogP contribution in [0.1, 0.15) is 27.0 Å². The molecule has 0 bridgehead atoms. The molecule has 0 aliphatic rings. The minimum Gasteiger partial charge on any atom is -0.423 e. The molecule has 3 heteroatoms. The number of carbonyl (C=O) groups is 1. The van der Waals surface area contributed by atoms with E-state index in [1.165, 1.54) is 0 Å².